The van der Waals surface area contributed by atoms with Crippen LogP contribution in [0.1, 0.15) is 45.4 Å². The summed E-state index contributed by atoms with van der Waals surface area (Å²) in [5, 5.41) is 7.08. The maximum Gasteiger partial charge on any atom is 0.410 e. The molecule has 1 aliphatic heterocycles. The Bertz CT molecular complexity index is 1080. The third-order valence-electron chi connectivity index (χ3n) is 5.14. The lowest BCUT2D eigenvalue weighted by Crippen LogP contribution is -2.42. The summed E-state index contributed by atoms with van der Waals surface area (Å²) < 4.78 is 19.2. The lowest BCUT2D eigenvalue weighted by atomic mass is 9.97. The first-order chi connectivity index (χ1) is 14.8. The van der Waals surface area contributed by atoms with E-state index >= 15 is 0 Å². The summed E-state index contributed by atoms with van der Waals surface area (Å²) in [6, 6.07) is 8.16. The van der Waals surface area contributed by atoms with Crippen molar-refractivity contribution in [3.05, 3.63) is 54.4 Å². The van der Waals surface area contributed by atoms with Crippen LogP contribution in [0.3, 0.4) is 0 Å². The number of piperidine rings is 1. The average Bonchev–Trinajstić information content (AvgIpc) is 3.23. The van der Waals surface area contributed by atoms with E-state index in [0.29, 0.717) is 35.9 Å². The van der Waals surface area contributed by atoms with E-state index in [-0.39, 0.29) is 17.8 Å². The fourth-order valence-electron chi connectivity index (χ4n) is 3.75. The Kier molecular flexibility index (Phi) is 5.71. The molecule has 1 amide bonds. The van der Waals surface area contributed by atoms with Crippen LogP contribution in [0.15, 0.2) is 42.7 Å². The third-order valence-corrected chi connectivity index (χ3v) is 5.14. The number of hydrogen-bond donors (Lipinski definition) is 1. The van der Waals surface area contributed by atoms with Crippen LogP contribution < -0.4 is 0 Å². The fraction of sp³-hybridized carbons (Fsp3) is 0.391. The number of aromatic nitrogens is 4. The van der Waals surface area contributed by atoms with Crippen LogP contribution in [0.2, 0.25) is 0 Å². The Labute approximate surface area is 180 Å². The van der Waals surface area contributed by atoms with E-state index in [0.717, 1.165) is 18.4 Å². The van der Waals surface area contributed by atoms with E-state index in [1.165, 1.54) is 12.1 Å². The van der Waals surface area contributed by atoms with Crippen LogP contribution in [-0.4, -0.2) is 49.8 Å². The van der Waals surface area contributed by atoms with Gasteiger partial charge >= 0.3 is 6.09 Å². The van der Waals surface area contributed by atoms with Crippen LogP contribution in [0, 0.1) is 5.82 Å². The van der Waals surface area contributed by atoms with Crippen molar-refractivity contribution in [3.8, 4) is 22.5 Å². The molecule has 1 aliphatic rings. The Morgan fingerprint density at radius 1 is 1.29 bits per heavy atom. The van der Waals surface area contributed by atoms with Crippen molar-refractivity contribution in [3.63, 3.8) is 0 Å². The van der Waals surface area contributed by atoms with Gasteiger partial charge in [-0.1, -0.05) is 12.1 Å². The Balaban J connectivity index is 1.57. The van der Waals surface area contributed by atoms with Crippen LogP contribution >= 0.6 is 0 Å². The molecule has 1 fully saturated rings. The molecular formula is C23H26FN5O2. The molecule has 8 heteroatoms. The molecule has 31 heavy (non-hydrogen) atoms. The summed E-state index contributed by atoms with van der Waals surface area (Å²) in [6.07, 6.45) is 4.84. The molecular weight excluding hydrogens is 397 g/mol. The van der Waals surface area contributed by atoms with Gasteiger partial charge in [0.15, 0.2) is 0 Å². The van der Waals surface area contributed by atoms with E-state index in [9.17, 15) is 9.18 Å². The highest BCUT2D eigenvalue weighted by atomic mass is 19.1. The van der Waals surface area contributed by atoms with Gasteiger partial charge in [0, 0.05) is 36.3 Å². The van der Waals surface area contributed by atoms with Gasteiger partial charge in [0.05, 0.1) is 17.6 Å². The molecule has 1 atom stereocenters. The van der Waals surface area contributed by atoms with Crippen LogP contribution in [0.25, 0.3) is 22.5 Å². The standard InChI is InChI=1S/C23H26FN5O2/c1-23(2,3)31-22(30)29-11-5-7-16(14-29)21-25-10-9-19(27-21)18-13-26-28-20(18)15-6-4-8-17(24)12-15/h4,6,8-10,12-13,16H,5,7,11,14H2,1-3H3,(H,26,28)/t16-/m1/s1. The van der Waals surface area contributed by atoms with E-state index in [2.05, 4.69) is 15.2 Å². The lowest BCUT2D eigenvalue weighted by Gasteiger charge is -2.33. The molecule has 162 valence electrons. The number of halogens is 1. The van der Waals surface area contributed by atoms with Gasteiger partial charge in [0.25, 0.3) is 0 Å². The molecule has 0 spiro atoms. The molecule has 0 saturated carbocycles. The van der Waals surface area contributed by atoms with Gasteiger partial charge in [-0.3, -0.25) is 5.10 Å². The minimum absolute atomic E-state index is 0.0192. The Hall–Kier alpha value is -3.29. The van der Waals surface area contributed by atoms with Crippen molar-refractivity contribution in [2.75, 3.05) is 13.1 Å². The minimum atomic E-state index is -0.533. The number of aromatic amines is 1. The minimum Gasteiger partial charge on any atom is -0.444 e. The summed E-state index contributed by atoms with van der Waals surface area (Å²) >= 11 is 0. The second kappa shape index (κ2) is 8.45. The molecule has 4 rings (SSSR count). The van der Waals surface area contributed by atoms with Crippen molar-refractivity contribution in [2.45, 2.75) is 45.1 Å². The van der Waals surface area contributed by atoms with Gasteiger partial charge in [0.2, 0.25) is 0 Å². The molecule has 0 bridgehead atoms. The summed E-state index contributed by atoms with van der Waals surface area (Å²) in [5.74, 6) is 0.383. The first-order valence-corrected chi connectivity index (χ1v) is 10.4. The van der Waals surface area contributed by atoms with E-state index in [4.69, 9.17) is 9.72 Å². The van der Waals surface area contributed by atoms with Crippen LogP contribution in [-0.2, 0) is 4.74 Å². The Morgan fingerprint density at radius 2 is 2.13 bits per heavy atom. The first kappa shape index (κ1) is 21.0. The van der Waals surface area contributed by atoms with Gasteiger partial charge in [0.1, 0.15) is 17.2 Å². The average molecular weight is 423 g/mol. The number of nitrogens with zero attached hydrogens (tertiary/aromatic N) is 4. The molecule has 0 aliphatic carbocycles. The van der Waals surface area contributed by atoms with Crippen molar-refractivity contribution in [1.82, 2.24) is 25.1 Å². The van der Waals surface area contributed by atoms with Crippen molar-refractivity contribution >= 4 is 6.09 Å². The van der Waals surface area contributed by atoms with E-state index in [1.54, 1.807) is 23.4 Å². The van der Waals surface area contributed by atoms with E-state index < -0.39 is 5.60 Å². The number of amides is 1. The monoisotopic (exact) mass is 423 g/mol. The quantitative estimate of drug-likeness (QED) is 0.655. The molecule has 3 heterocycles. The van der Waals surface area contributed by atoms with Gasteiger partial charge < -0.3 is 9.64 Å². The largest absolute Gasteiger partial charge is 0.444 e. The van der Waals surface area contributed by atoms with E-state index in [1.807, 2.05) is 32.9 Å². The number of rotatable bonds is 3. The summed E-state index contributed by atoms with van der Waals surface area (Å²) in [7, 11) is 0. The SMILES string of the molecule is CC(C)(C)OC(=O)N1CCC[C@@H](c2nccc(-c3cn[nH]c3-c3cccc(F)c3)n2)C1. The highest BCUT2D eigenvalue weighted by Crippen LogP contribution is 2.31. The summed E-state index contributed by atoms with van der Waals surface area (Å²) in [4.78, 5) is 23.5. The lowest BCUT2D eigenvalue weighted by molar-refractivity contribution is 0.0196. The third kappa shape index (κ3) is 4.90. The highest BCUT2D eigenvalue weighted by molar-refractivity contribution is 5.78. The predicted molar refractivity (Wildman–Crippen MR) is 115 cm³/mol. The zero-order valence-corrected chi connectivity index (χ0v) is 17.9. The summed E-state index contributed by atoms with van der Waals surface area (Å²) in [6.45, 7) is 6.76. The molecule has 1 saturated heterocycles. The number of nitrogens with one attached hydrogen (secondary N) is 1. The van der Waals surface area contributed by atoms with Crippen LogP contribution in [0.5, 0.6) is 0 Å². The zero-order chi connectivity index (χ0) is 22.0. The molecule has 1 N–H and O–H groups in total. The maximum atomic E-state index is 13.7. The second-order valence-corrected chi connectivity index (χ2v) is 8.73. The number of H-pyrrole nitrogens is 1. The highest BCUT2D eigenvalue weighted by Gasteiger charge is 2.30. The molecule has 0 radical (unpaired) electrons. The van der Waals surface area contributed by atoms with Crippen molar-refractivity contribution in [2.24, 2.45) is 0 Å². The smallest absolute Gasteiger partial charge is 0.410 e. The molecule has 0 unspecified atom stereocenters. The maximum absolute atomic E-state index is 13.7. The first-order valence-electron chi connectivity index (χ1n) is 10.4. The molecule has 3 aromatic rings. The number of carbonyl (C=O) groups excluding carboxylic acids is 1. The Morgan fingerprint density at radius 3 is 2.90 bits per heavy atom. The normalized spacial score (nSPS) is 16.9. The number of likely N-dealkylation sites (tertiary alicyclic amines) is 1. The molecule has 1 aromatic carbocycles. The molecule has 7 nitrogen and oxygen atoms in total. The topological polar surface area (TPSA) is 84.0 Å². The molecule has 2 aromatic heterocycles. The number of carbonyl (C=O) groups is 1. The summed E-state index contributed by atoms with van der Waals surface area (Å²) in [5.41, 5.74) is 2.33. The fourth-order valence-corrected chi connectivity index (χ4v) is 3.75. The second-order valence-electron chi connectivity index (χ2n) is 8.73. The predicted octanol–water partition coefficient (Wildman–Crippen LogP) is 4.79. The van der Waals surface area contributed by atoms with Gasteiger partial charge in [-0.25, -0.2) is 19.2 Å². The number of ether oxygens (including phenoxy) is 1. The van der Waals surface area contributed by atoms with Crippen molar-refractivity contribution in [1.29, 1.82) is 0 Å². The zero-order valence-electron chi connectivity index (χ0n) is 17.9. The number of hydrogen-bond acceptors (Lipinski definition) is 5. The van der Waals surface area contributed by atoms with Crippen molar-refractivity contribution < 1.29 is 13.9 Å². The van der Waals surface area contributed by atoms with Gasteiger partial charge in [-0.15, -0.1) is 0 Å². The van der Waals surface area contributed by atoms with Gasteiger partial charge in [-0.2, -0.15) is 5.10 Å². The van der Waals surface area contributed by atoms with Gasteiger partial charge in [-0.05, 0) is 51.8 Å². The number of benzene rings is 1. The van der Waals surface area contributed by atoms with Crippen LogP contribution in [0.4, 0.5) is 9.18 Å².